The summed E-state index contributed by atoms with van der Waals surface area (Å²) in [6.07, 6.45) is 0. The topological polar surface area (TPSA) is 81.7 Å². The summed E-state index contributed by atoms with van der Waals surface area (Å²) in [5, 5.41) is 10.3. The van der Waals surface area contributed by atoms with Crippen LogP contribution in [0.4, 0.5) is 5.95 Å². The van der Waals surface area contributed by atoms with Crippen molar-refractivity contribution in [1.82, 2.24) is 20.3 Å². The smallest absolute Gasteiger partial charge is 0.260 e. The van der Waals surface area contributed by atoms with Gasteiger partial charge in [0.05, 0.1) is 0 Å². The lowest BCUT2D eigenvalue weighted by atomic mass is 10.6. The minimum atomic E-state index is 0.211. The Balaban J connectivity index is 2.74. The van der Waals surface area contributed by atoms with Gasteiger partial charge in [-0.1, -0.05) is 11.7 Å². The standard InChI is InChI=1S/C4H8N6/c1-3(2)7-10-4(5)6-8-9-10/h7H,1H2,2H3,(H2,5,6,9). The Hall–Kier alpha value is -1.59. The van der Waals surface area contributed by atoms with Gasteiger partial charge in [-0.05, 0) is 17.4 Å². The van der Waals surface area contributed by atoms with Crippen molar-refractivity contribution < 1.29 is 0 Å². The van der Waals surface area contributed by atoms with Gasteiger partial charge in [-0.2, -0.15) is 0 Å². The van der Waals surface area contributed by atoms with Crippen LogP contribution in [0.2, 0.25) is 0 Å². The van der Waals surface area contributed by atoms with Crippen LogP contribution in [0.25, 0.3) is 0 Å². The summed E-state index contributed by atoms with van der Waals surface area (Å²) in [7, 11) is 0. The average Bonchev–Trinajstić information content (AvgIpc) is 2.15. The van der Waals surface area contributed by atoms with Gasteiger partial charge in [0.1, 0.15) is 0 Å². The number of hydrogen-bond acceptors (Lipinski definition) is 5. The molecule has 1 aromatic rings. The van der Waals surface area contributed by atoms with Gasteiger partial charge in [0.25, 0.3) is 5.95 Å². The Labute approximate surface area is 57.7 Å². The summed E-state index contributed by atoms with van der Waals surface area (Å²) < 4.78 is 0. The molecule has 0 radical (unpaired) electrons. The Morgan fingerprint density at radius 3 is 2.90 bits per heavy atom. The number of nitrogen functional groups attached to an aromatic ring is 1. The Bertz CT molecular complexity index is 238. The van der Waals surface area contributed by atoms with E-state index in [1.54, 1.807) is 6.92 Å². The van der Waals surface area contributed by atoms with Crippen molar-refractivity contribution in [3.63, 3.8) is 0 Å². The SMILES string of the molecule is C=C(C)Nn1nnnc1N. The molecule has 6 nitrogen and oxygen atoms in total. The zero-order valence-corrected chi connectivity index (χ0v) is 5.57. The van der Waals surface area contributed by atoms with Crippen LogP contribution >= 0.6 is 0 Å². The second-order valence-corrected chi connectivity index (χ2v) is 1.84. The summed E-state index contributed by atoms with van der Waals surface area (Å²) in [4.78, 5) is 1.24. The van der Waals surface area contributed by atoms with E-state index in [-0.39, 0.29) is 5.95 Å². The van der Waals surface area contributed by atoms with Gasteiger partial charge in [0.15, 0.2) is 0 Å². The van der Waals surface area contributed by atoms with Crippen LogP contribution < -0.4 is 11.2 Å². The third-order valence-electron chi connectivity index (χ3n) is 0.790. The molecule has 3 N–H and O–H groups in total. The summed E-state index contributed by atoms with van der Waals surface area (Å²) in [5.74, 6) is 0.211. The third-order valence-corrected chi connectivity index (χ3v) is 0.790. The summed E-state index contributed by atoms with van der Waals surface area (Å²) in [6.45, 7) is 5.37. The Morgan fingerprint density at radius 2 is 2.50 bits per heavy atom. The molecule has 0 spiro atoms. The molecule has 1 rings (SSSR count). The lowest BCUT2D eigenvalue weighted by Crippen LogP contribution is -2.16. The van der Waals surface area contributed by atoms with E-state index in [4.69, 9.17) is 5.73 Å². The highest BCUT2D eigenvalue weighted by molar-refractivity contribution is 5.15. The van der Waals surface area contributed by atoms with Gasteiger partial charge in [-0.3, -0.25) is 5.43 Å². The number of anilines is 1. The molecule has 1 heterocycles. The molecule has 0 aromatic carbocycles. The second-order valence-electron chi connectivity index (χ2n) is 1.84. The number of nitrogens with two attached hydrogens (primary N) is 1. The molecule has 0 atom stereocenters. The maximum absolute atomic E-state index is 5.31. The van der Waals surface area contributed by atoms with Crippen molar-refractivity contribution in [3.8, 4) is 0 Å². The van der Waals surface area contributed by atoms with E-state index < -0.39 is 0 Å². The van der Waals surface area contributed by atoms with Crippen molar-refractivity contribution in [2.75, 3.05) is 11.2 Å². The number of aromatic nitrogens is 4. The minimum Gasteiger partial charge on any atom is -0.365 e. The first kappa shape index (κ1) is 6.53. The molecule has 0 aliphatic rings. The second kappa shape index (κ2) is 2.34. The van der Waals surface area contributed by atoms with E-state index >= 15 is 0 Å². The average molecular weight is 140 g/mol. The van der Waals surface area contributed by atoms with Crippen molar-refractivity contribution in [2.45, 2.75) is 6.92 Å². The van der Waals surface area contributed by atoms with Gasteiger partial charge in [-0.25, -0.2) is 0 Å². The number of nitrogens with zero attached hydrogens (tertiary/aromatic N) is 4. The Morgan fingerprint density at radius 1 is 1.80 bits per heavy atom. The molecule has 6 heteroatoms. The van der Waals surface area contributed by atoms with E-state index in [1.165, 1.54) is 4.79 Å². The summed E-state index contributed by atoms with van der Waals surface area (Å²) in [6, 6.07) is 0. The van der Waals surface area contributed by atoms with Crippen LogP contribution in [-0.4, -0.2) is 20.3 Å². The third kappa shape index (κ3) is 1.22. The molecule has 10 heavy (non-hydrogen) atoms. The fraction of sp³-hybridized carbons (Fsp3) is 0.250. The van der Waals surface area contributed by atoms with Crippen LogP contribution in [0.3, 0.4) is 0 Å². The number of nitrogens with one attached hydrogen (secondary N) is 1. The fourth-order valence-corrected chi connectivity index (χ4v) is 0.454. The van der Waals surface area contributed by atoms with Crippen molar-refractivity contribution in [3.05, 3.63) is 12.3 Å². The summed E-state index contributed by atoms with van der Waals surface area (Å²) >= 11 is 0. The monoisotopic (exact) mass is 140 g/mol. The van der Waals surface area contributed by atoms with Gasteiger partial charge >= 0.3 is 0 Å². The normalized spacial score (nSPS) is 9.30. The van der Waals surface area contributed by atoms with Crippen molar-refractivity contribution in [1.29, 1.82) is 0 Å². The molecular formula is C4H8N6. The van der Waals surface area contributed by atoms with E-state index in [0.29, 0.717) is 0 Å². The van der Waals surface area contributed by atoms with Crippen LogP contribution in [0.1, 0.15) is 6.92 Å². The zero-order valence-electron chi connectivity index (χ0n) is 5.57. The molecule has 0 saturated heterocycles. The number of allylic oxidation sites excluding steroid dienone is 1. The number of tetrazole rings is 1. The predicted molar refractivity (Wildman–Crippen MR) is 36.4 cm³/mol. The summed E-state index contributed by atoms with van der Waals surface area (Å²) in [5.41, 5.74) is 8.75. The van der Waals surface area contributed by atoms with Crippen LogP contribution in [0.5, 0.6) is 0 Å². The molecular weight excluding hydrogens is 132 g/mol. The highest BCUT2D eigenvalue weighted by atomic mass is 15.7. The molecule has 0 aliphatic carbocycles. The molecule has 0 aliphatic heterocycles. The lowest BCUT2D eigenvalue weighted by molar-refractivity contribution is 0.729. The minimum absolute atomic E-state index is 0.211. The van der Waals surface area contributed by atoms with Crippen LogP contribution in [-0.2, 0) is 0 Å². The maximum atomic E-state index is 5.31. The quantitative estimate of drug-likeness (QED) is 0.569. The molecule has 0 saturated carbocycles. The van der Waals surface area contributed by atoms with Crippen LogP contribution in [0.15, 0.2) is 12.3 Å². The first-order valence-corrected chi connectivity index (χ1v) is 2.66. The molecule has 54 valence electrons. The Kier molecular flexibility index (Phi) is 1.53. The van der Waals surface area contributed by atoms with Crippen LogP contribution in [0, 0.1) is 0 Å². The van der Waals surface area contributed by atoms with E-state index in [2.05, 4.69) is 27.5 Å². The molecule has 0 amide bonds. The largest absolute Gasteiger partial charge is 0.365 e. The van der Waals surface area contributed by atoms with Crippen molar-refractivity contribution in [2.24, 2.45) is 0 Å². The lowest BCUT2D eigenvalue weighted by Gasteiger charge is -2.01. The molecule has 0 bridgehead atoms. The van der Waals surface area contributed by atoms with E-state index in [9.17, 15) is 0 Å². The highest BCUT2D eigenvalue weighted by Gasteiger charge is 1.96. The maximum Gasteiger partial charge on any atom is 0.260 e. The van der Waals surface area contributed by atoms with Crippen molar-refractivity contribution >= 4 is 5.95 Å². The number of hydrogen-bond donors (Lipinski definition) is 2. The van der Waals surface area contributed by atoms with Gasteiger partial charge in [0, 0.05) is 5.70 Å². The predicted octanol–water partition coefficient (Wildman–Crippen LogP) is -0.668. The highest BCUT2D eigenvalue weighted by Crippen LogP contribution is 1.89. The first-order chi connectivity index (χ1) is 4.70. The van der Waals surface area contributed by atoms with E-state index in [1.807, 2.05) is 0 Å². The molecule has 0 fully saturated rings. The van der Waals surface area contributed by atoms with Gasteiger partial charge in [-0.15, -0.1) is 4.79 Å². The molecule has 0 unspecified atom stereocenters. The fourth-order valence-electron chi connectivity index (χ4n) is 0.454. The van der Waals surface area contributed by atoms with Gasteiger partial charge < -0.3 is 5.73 Å². The van der Waals surface area contributed by atoms with Gasteiger partial charge in [0.2, 0.25) is 0 Å². The molecule has 1 aromatic heterocycles. The number of rotatable bonds is 2. The zero-order chi connectivity index (χ0) is 7.56. The first-order valence-electron chi connectivity index (χ1n) is 2.66. The van der Waals surface area contributed by atoms with E-state index in [0.717, 1.165) is 5.70 Å².